The molecule has 4 amide bonds. The van der Waals surface area contributed by atoms with Crippen LogP contribution in [0.5, 0.6) is 11.5 Å². The molecule has 0 spiro atoms. The van der Waals surface area contributed by atoms with Gasteiger partial charge in [0, 0.05) is 5.02 Å². The second-order valence-electron chi connectivity index (χ2n) is 6.55. The van der Waals surface area contributed by atoms with E-state index in [1.54, 1.807) is 30.3 Å². The molecule has 7 nitrogen and oxygen atoms in total. The van der Waals surface area contributed by atoms with Crippen LogP contribution < -0.4 is 19.7 Å². The van der Waals surface area contributed by atoms with Crippen LogP contribution in [-0.2, 0) is 9.59 Å². The van der Waals surface area contributed by atoms with Crippen LogP contribution in [0.1, 0.15) is 25.3 Å². The van der Waals surface area contributed by atoms with Gasteiger partial charge >= 0.3 is 6.03 Å². The molecule has 0 radical (unpaired) electrons. The number of amides is 4. The first-order valence-corrected chi connectivity index (χ1v) is 9.80. The van der Waals surface area contributed by atoms with Crippen molar-refractivity contribution in [2.24, 2.45) is 0 Å². The highest BCUT2D eigenvalue weighted by atomic mass is 35.5. The minimum Gasteiger partial charge on any atom is -0.493 e. The van der Waals surface area contributed by atoms with Crippen LogP contribution in [0.2, 0.25) is 5.02 Å². The Morgan fingerprint density at radius 3 is 2.47 bits per heavy atom. The zero-order valence-corrected chi connectivity index (χ0v) is 17.4. The van der Waals surface area contributed by atoms with Gasteiger partial charge < -0.3 is 9.47 Å². The predicted octanol–water partition coefficient (Wildman–Crippen LogP) is 4.19. The summed E-state index contributed by atoms with van der Waals surface area (Å²) in [4.78, 5) is 38.4. The zero-order valence-electron chi connectivity index (χ0n) is 16.6. The minimum atomic E-state index is -0.818. The number of carbonyl (C=O) groups excluding carboxylic acids is 3. The molecule has 1 fully saturated rings. The van der Waals surface area contributed by atoms with E-state index in [1.165, 1.54) is 25.3 Å². The molecule has 1 aliphatic heterocycles. The topological polar surface area (TPSA) is 84.9 Å². The predicted molar refractivity (Wildman–Crippen MR) is 114 cm³/mol. The summed E-state index contributed by atoms with van der Waals surface area (Å²) in [5.41, 5.74) is 0.683. The van der Waals surface area contributed by atoms with E-state index in [0.717, 1.165) is 17.7 Å². The first kappa shape index (κ1) is 21.4. The van der Waals surface area contributed by atoms with Crippen molar-refractivity contribution in [1.82, 2.24) is 5.32 Å². The lowest BCUT2D eigenvalue weighted by Gasteiger charge is -2.26. The SMILES string of the molecule is CCCCOc1ccc(C=C2C(=O)NC(=O)N(c3ccc(Cl)cc3)C2=O)cc1OC. The van der Waals surface area contributed by atoms with Gasteiger partial charge in [-0.3, -0.25) is 14.9 Å². The van der Waals surface area contributed by atoms with Crippen molar-refractivity contribution in [1.29, 1.82) is 0 Å². The summed E-state index contributed by atoms with van der Waals surface area (Å²) < 4.78 is 11.1. The van der Waals surface area contributed by atoms with Crippen molar-refractivity contribution in [3.63, 3.8) is 0 Å². The highest BCUT2D eigenvalue weighted by Crippen LogP contribution is 2.30. The Labute approximate surface area is 179 Å². The van der Waals surface area contributed by atoms with Crippen molar-refractivity contribution in [2.75, 3.05) is 18.6 Å². The fourth-order valence-corrected chi connectivity index (χ4v) is 2.99. The standard InChI is InChI=1S/C22H21ClN2O5/c1-3-4-11-30-18-10-5-14(13-19(18)29-2)12-17-20(26)24-22(28)25(21(17)27)16-8-6-15(23)7-9-16/h5-10,12-13H,3-4,11H2,1-2H3,(H,24,26,28). The number of urea groups is 1. The third-order valence-corrected chi connectivity index (χ3v) is 4.69. The molecular formula is C22H21ClN2O5. The molecule has 2 aromatic carbocycles. The van der Waals surface area contributed by atoms with Crippen LogP contribution in [0, 0.1) is 0 Å². The number of hydrogen-bond acceptors (Lipinski definition) is 5. The Hall–Kier alpha value is -3.32. The Bertz CT molecular complexity index is 1000. The molecule has 3 rings (SSSR count). The summed E-state index contributed by atoms with van der Waals surface area (Å²) in [5.74, 6) is -0.439. The van der Waals surface area contributed by atoms with Gasteiger partial charge in [0.2, 0.25) is 0 Å². The third kappa shape index (κ3) is 4.63. The van der Waals surface area contributed by atoms with Crippen LogP contribution >= 0.6 is 11.6 Å². The van der Waals surface area contributed by atoms with Gasteiger partial charge in [-0.1, -0.05) is 31.0 Å². The van der Waals surface area contributed by atoms with E-state index in [1.807, 2.05) is 0 Å². The van der Waals surface area contributed by atoms with E-state index in [2.05, 4.69) is 12.2 Å². The van der Waals surface area contributed by atoms with Gasteiger partial charge in [0.1, 0.15) is 5.57 Å². The molecule has 0 aromatic heterocycles. The summed E-state index contributed by atoms with van der Waals surface area (Å²) in [6.45, 7) is 2.63. The highest BCUT2D eigenvalue weighted by molar-refractivity contribution is 6.39. The Morgan fingerprint density at radius 2 is 1.80 bits per heavy atom. The minimum absolute atomic E-state index is 0.175. The van der Waals surface area contributed by atoms with Crippen molar-refractivity contribution in [2.45, 2.75) is 19.8 Å². The monoisotopic (exact) mass is 428 g/mol. The van der Waals surface area contributed by atoms with E-state index in [9.17, 15) is 14.4 Å². The fourth-order valence-electron chi connectivity index (χ4n) is 2.87. The molecule has 2 aromatic rings. The van der Waals surface area contributed by atoms with Gasteiger partial charge in [-0.15, -0.1) is 0 Å². The molecule has 0 saturated carbocycles. The normalized spacial score (nSPS) is 15.4. The summed E-state index contributed by atoms with van der Waals surface area (Å²) >= 11 is 5.87. The molecular weight excluding hydrogens is 408 g/mol. The maximum atomic E-state index is 12.9. The van der Waals surface area contributed by atoms with Gasteiger partial charge in [0.05, 0.1) is 19.4 Å². The molecule has 0 unspecified atom stereocenters. The second-order valence-corrected chi connectivity index (χ2v) is 6.98. The number of halogens is 1. The fraction of sp³-hybridized carbons (Fsp3) is 0.227. The smallest absolute Gasteiger partial charge is 0.335 e. The molecule has 0 aliphatic carbocycles. The molecule has 1 N–H and O–H groups in total. The molecule has 1 heterocycles. The number of methoxy groups -OCH3 is 1. The summed E-state index contributed by atoms with van der Waals surface area (Å²) in [6, 6.07) is 10.4. The molecule has 1 saturated heterocycles. The van der Waals surface area contributed by atoms with Crippen molar-refractivity contribution in [3.05, 3.63) is 58.6 Å². The quantitative estimate of drug-likeness (QED) is 0.406. The van der Waals surface area contributed by atoms with Crippen molar-refractivity contribution in [3.8, 4) is 11.5 Å². The summed E-state index contributed by atoms with van der Waals surface area (Å²) in [5, 5.41) is 2.65. The second kappa shape index (κ2) is 9.45. The van der Waals surface area contributed by atoms with Gasteiger partial charge in [-0.2, -0.15) is 0 Å². The van der Waals surface area contributed by atoms with Crippen LogP contribution in [0.15, 0.2) is 48.0 Å². The lowest BCUT2D eigenvalue weighted by molar-refractivity contribution is -0.122. The van der Waals surface area contributed by atoms with E-state index in [4.69, 9.17) is 21.1 Å². The van der Waals surface area contributed by atoms with Gasteiger partial charge in [0.15, 0.2) is 11.5 Å². The number of rotatable bonds is 7. The number of unbranched alkanes of at least 4 members (excludes halogenated alkanes) is 1. The number of nitrogens with one attached hydrogen (secondary N) is 1. The molecule has 156 valence electrons. The third-order valence-electron chi connectivity index (χ3n) is 4.44. The number of hydrogen-bond donors (Lipinski definition) is 1. The summed E-state index contributed by atoms with van der Waals surface area (Å²) in [6.07, 6.45) is 3.33. The average Bonchev–Trinajstić information content (AvgIpc) is 2.73. The number of imide groups is 2. The lowest BCUT2D eigenvalue weighted by Crippen LogP contribution is -2.54. The first-order valence-electron chi connectivity index (χ1n) is 9.42. The Kier molecular flexibility index (Phi) is 6.74. The zero-order chi connectivity index (χ0) is 21.7. The summed E-state index contributed by atoms with van der Waals surface area (Å²) in [7, 11) is 1.51. The lowest BCUT2D eigenvalue weighted by atomic mass is 10.1. The van der Waals surface area contributed by atoms with E-state index >= 15 is 0 Å². The molecule has 1 aliphatic rings. The number of ether oxygens (including phenoxy) is 2. The number of nitrogens with zero attached hydrogens (tertiary/aromatic N) is 1. The molecule has 0 bridgehead atoms. The number of carbonyl (C=O) groups is 3. The maximum absolute atomic E-state index is 12.9. The van der Waals surface area contributed by atoms with Crippen LogP contribution in [0.25, 0.3) is 6.08 Å². The maximum Gasteiger partial charge on any atom is 0.335 e. The number of benzene rings is 2. The Morgan fingerprint density at radius 1 is 1.07 bits per heavy atom. The molecule has 30 heavy (non-hydrogen) atoms. The van der Waals surface area contributed by atoms with E-state index in [0.29, 0.717) is 34.4 Å². The van der Waals surface area contributed by atoms with Crippen molar-refractivity contribution >= 4 is 41.2 Å². The largest absolute Gasteiger partial charge is 0.493 e. The number of barbiturate groups is 1. The van der Waals surface area contributed by atoms with E-state index < -0.39 is 17.8 Å². The van der Waals surface area contributed by atoms with Crippen LogP contribution in [-0.4, -0.2) is 31.6 Å². The molecule has 0 atom stereocenters. The van der Waals surface area contributed by atoms with Gasteiger partial charge in [0.25, 0.3) is 11.8 Å². The Balaban J connectivity index is 1.91. The molecule has 8 heteroatoms. The van der Waals surface area contributed by atoms with Gasteiger partial charge in [-0.25, -0.2) is 9.69 Å². The number of anilines is 1. The van der Waals surface area contributed by atoms with Crippen LogP contribution in [0.4, 0.5) is 10.5 Å². The van der Waals surface area contributed by atoms with Crippen LogP contribution in [0.3, 0.4) is 0 Å². The van der Waals surface area contributed by atoms with E-state index in [-0.39, 0.29) is 5.57 Å². The average molecular weight is 429 g/mol. The van der Waals surface area contributed by atoms with Gasteiger partial charge in [-0.05, 0) is 54.5 Å². The van der Waals surface area contributed by atoms with Crippen molar-refractivity contribution < 1.29 is 23.9 Å². The highest BCUT2D eigenvalue weighted by Gasteiger charge is 2.36. The first-order chi connectivity index (χ1) is 14.4.